The van der Waals surface area contributed by atoms with Gasteiger partial charge in [0.15, 0.2) is 0 Å². The van der Waals surface area contributed by atoms with E-state index in [1.165, 1.54) is 37.5 Å². The second-order valence-corrected chi connectivity index (χ2v) is 8.05. The third-order valence-electron chi connectivity index (χ3n) is 5.75. The maximum Gasteiger partial charge on any atom is 0.300 e. The Bertz CT molecular complexity index is 1280. The highest BCUT2D eigenvalue weighted by molar-refractivity contribution is 6.51. The number of hydrogen-bond donors (Lipinski definition) is 1. The smallest absolute Gasteiger partial charge is 0.300 e. The molecule has 1 unspecified atom stereocenters. The number of Topliss-reactive ketones (excluding diaryl/α,β-unsaturated/α-hetero) is 1. The molecule has 2 heterocycles. The SMILES string of the molecule is COc1cc(OC)c(/C(O)=C2/C(=O)C(=O)N(c3ccc(C)c(C)c3)C2c2ccco2)cc1Cl. The number of rotatable bonds is 5. The van der Waals surface area contributed by atoms with Gasteiger partial charge >= 0.3 is 0 Å². The molecule has 2 aromatic carbocycles. The van der Waals surface area contributed by atoms with Crippen LogP contribution in [-0.4, -0.2) is 31.0 Å². The molecule has 0 radical (unpaired) electrons. The predicted octanol–water partition coefficient (Wildman–Crippen LogP) is 5.19. The highest BCUT2D eigenvalue weighted by Gasteiger charge is 2.48. The Hall–Kier alpha value is -3.71. The second kappa shape index (κ2) is 8.67. The molecule has 4 rings (SSSR count). The van der Waals surface area contributed by atoms with Crippen LogP contribution >= 0.6 is 11.6 Å². The minimum Gasteiger partial charge on any atom is -0.507 e. The van der Waals surface area contributed by atoms with Crippen LogP contribution < -0.4 is 14.4 Å². The van der Waals surface area contributed by atoms with E-state index < -0.39 is 23.5 Å². The van der Waals surface area contributed by atoms with Gasteiger partial charge in [0.2, 0.25) is 0 Å². The Morgan fingerprint density at radius 3 is 2.36 bits per heavy atom. The summed E-state index contributed by atoms with van der Waals surface area (Å²) in [5.41, 5.74) is 2.53. The average molecular weight is 468 g/mol. The summed E-state index contributed by atoms with van der Waals surface area (Å²) in [6, 6.07) is 10.7. The fourth-order valence-corrected chi connectivity index (χ4v) is 4.12. The maximum atomic E-state index is 13.2. The first-order chi connectivity index (χ1) is 15.8. The van der Waals surface area contributed by atoms with E-state index in [0.29, 0.717) is 17.2 Å². The van der Waals surface area contributed by atoms with Crippen LogP contribution in [0.25, 0.3) is 5.76 Å². The van der Waals surface area contributed by atoms with Crippen molar-refractivity contribution < 1.29 is 28.6 Å². The van der Waals surface area contributed by atoms with Crippen molar-refractivity contribution in [3.63, 3.8) is 0 Å². The van der Waals surface area contributed by atoms with Crippen molar-refractivity contribution in [3.8, 4) is 11.5 Å². The Balaban J connectivity index is 1.96. The number of aliphatic hydroxyl groups is 1. The fourth-order valence-electron chi connectivity index (χ4n) is 3.88. The third kappa shape index (κ3) is 3.74. The lowest BCUT2D eigenvalue weighted by Gasteiger charge is -2.24. The van der Waals surface area contributed by atoms with Crippen LogP contribution in [-0.2, 0) is 9.59 Å². The van der Waals surface area contributed by atoms with Gasteiger partial charge in [0, 0.05) is 11.8 Å². The Kier molecular flexibility index (Phi) is 5.91. The number of carbonyl (C=O) groups excluding carboxylic acids is 2. The number of aliphatic hydroxyl groups excluding tert-OH is 1. The Labute approximate surface area is 195 Å². The lowest BCUT2D eigenvalue weighted by atomic mass is 9.98. The van der Waals surface area contributed by atoms with Gasteiger partial charge in [0.25, 0.3) is 11.7 Å². The molecule has 1 aliphatic rings. The van der Waals surface area contributed by atoms with Gasteiger partial charge in [-0.15, -0.1) is 0 Å². The van der Waals surface area contributed by atoms with E-state index in [1.807, 2.05) is 26.0 Å². The first kappa shape index (κ1) is 22.5. The van der Waals surface area contributed by atoms with Gasteiger partial charge in [-0.05, 0) is 55.3 Å². The van der Waals surface area contributed by atoms with Crippen molar-refractivity contribution in [1.29, 1.82) is 0 Å². The van der Waals surface area contributed by atoms with Crippen LogP contribution in [0.3, 0.4) is 0 Å². The molecule has 3 aromatic rings. The average Bonchev–Trinajstić information content (AvgIpc) is 3.42. The molecule has 0 aliphatic carbocycles. The minimum atomic E-state index is -0.979. The number of nitrogens with zero attached hydrogens (tertiary/aromatic N) is 1. The summed E-state index contributed by atoms with van der Waals surface area (Å²) in [4.78, 5) is 27.7. The van der Waals surface area contributed by atoms with Crippen LogP contribution in [0.5, 0.6) is 11.5 Å². The summed E-state index contributed by atoms with van der Waals surface area (Å²) in [6.45, 7) is 3.87. The van der Waals surface area contributed by atoms with Gasteiger partial charge in [0.05, 0.1) is 36.6 Å². The highest BCUT2D eigenvalue weighted by atomic mass is 35.5. The third-order valence-corrected chi connectivity index (χ3v) is 6.05. The van der Waals surface area contributed by atoms with Crippen molar-refractivity contribution in [1.82, 2.24) is 0 Å². The van der Waals surface area contributed by atoms with Crippen LogP contribution in [0, 0.1) is 13.8 Å². The number of ketones is 1. The van der Waals surface area contributed by atoms with Gasteiger partial charge in [-0.1, -0.05) is 17.7 Å². The topological polar surface area (TPSA) is 89.2 Å². The zero-order valence-electron chi connectivity index (χ0n) is 18.5. The van der Waals surface area contributed by atoms with Crippen molar-refractivity contribution in [3.05, 3.63) is 81.8 Å². The number of hydrogen-bond acceptors (Lipinski definition) is 6. The molecule has 1 saturated heterocycles. The normalized spacial score (nSPS) is 17.5. The number of furan rings is 1. The molecule has 0 bridgehead atoms. The van der Waals surface area contributed by atoms with E-state index in [4.69, 9.17) is 25.5 Å². The van der Waals surface area contributed by atoms with Gasteiger partial charge < -0.3 is 19.0 Å². The molecule has 170 valence electrons. The van der Waals surface area contributed by atoms with E-state index >= 15 is 0 Å². The number of benzene rings is 2. The highest BCUT2D eigenvalue weighted by Crippen LogP contribution is 2.45. The molecule has 7 nitrogen and oxygen atoms in total. The summed E-state index contributed by atoms with van der Waals surface area (Å²) >= 11 is 6.27. The van der Waals surface area contributed by atoms with E-state index in [2.05, 4.69) is 0 Å². The summed E-state index contributed by atoms with van der Waals surface area (Å²) in [7, 11) is 2.86. The molecular formula is C25H22ClNO6. The van der Waals surface area contributed by atoms with Gasteiger partial charge in [-0.3, -0.25) is 14.5 Å². The van der Waals surface area contributed by atoms with E-state index in [-0.39, 0.29) is 21.9 Å². The van der Waals surface area contributed by atoms with Crippen molar-refractivity contribution >= 4 is 34.7 Å². The van der Waals surface area contributed by atoms with Gasteiger partial charge in [0.1, 0.15) is 29.1 Å². The number of ether oxygens (including phenoxy) is 2. The summed E-state index contributed by atoms with van der Waals surface area (Å²) in [5.74, 6) is -1.16. The van der Waals surface area contributed by atoms with Crippen molar-refractivity contribution in [2.45, 2.75) is 19.9 Å². The standard InChI is InChI=1S/C25H22ClNO6/c1-13-7-8-15(10-14(13)2)27-22(18-6-5-9-33-18)21(24(29)25(27)30)23(28)16-11-17(26)20(32-4)12-19(16)31-3/h5-12,22,28H,1-4H3/b23-21-. The summed E-state index contributed by atoms with van der Waals surface area (Å²) in [6.07, 6.45) is 1.45. The molecule has 1 amide bonds. The quantitative estimate of drug-likeness (QED) is 0.315. The Morgan fingerprint density at radius 2 is 1.76 bits per heavy atom. The lowest BCUT2D eigenvalue weighted by Crippen LogP contribution is -2.29. The minimum absolute atomic E-state index is 0.132. The lowest BCUT2D eigenvalue weighted by molar-refractivity contribution is -0.132. The number of halogens is 1. The second-order valence-electron chi connectivity index (χ2n) is 7.64. The first-order valence-electron chi connectivity index (χ1n) is 10.1. The zero-order chi connectivity index (χ0) is 23.9. The number of amides is 1. The molecule has 8 heteroatoms. The number of methoxy groups -OCH3 is 2. The predicted molar refractivity (Wildman–Crippen MR) is 124 cm³/mol. The largest absolute Gasteiger partial charge is 0.507 e. The molecule has 1 N–H and O–H groups in total. The van der Waals surface area contributed by atoms with E-state index in [0.717, 1.165) is 11.1 Å². The van der Waals surface area contributed by atoms with Crippen LogP contribution in [0.2, 0.25) is 5.02 Å². The van der Waals surface area contributed by atoms with E-state index in [9.17, 15) is 14.7 Å². The molecule has 1 atom stereocenters. The van der Waals surface area contributed by atoms with Crippen molar-refractivity contribution in [2.24, 2.45) is 0 Å². The number of anilines is 1. The molecule has 1 fully saturated rings. The fraction of sp³-hybridized carbons (Fsp3) is 0.200. The van der Waals surface area contributed by atoms with Gasteiger partial charge in [-0.25, -0.2) is 0 Å². The molecule has 0 spiro atoms. The summed E-state index contributed by atoms with van der Waals surface area (Å²) in [5, 5.41) is 11.5. The number of aryl methyl sites for hydroxylation is 2. The Morgan fingerprint density at radius 1 is 1.03 bits per heavy atom. The zero-order valence-corrected chi connectivity index (χ0v) is 19.3. The van der Waals surface area contributed by atoms with Crippen LogP contribution in [0.1, 0.15) is 28.5 Å². The maximum absolute atomic E-state index is 13.2. The molecule has 1 aliphatic heterocycles. The van der Waals surface area contributed by atoms with Crippen molar-refractivity contribution in [2.75, 3.05) is 19.1 Å². The molecule has 0 saturated carbocycles. The molecule has 1 aromatic heterocycles. The van der Waals surface area contributed by atoms with E-state index in [1.54, 1.807) is 18.2 Å². The monoisotopic (exact) mass is 467 g/mol. The van der Waals surface area contributed by atoms with Crippen LogP contribution in [0.15, 0.2) is 58.7 Å². The first-order valence-corrected chi connectivity index (χ1v) is 10.5. The summed E-state index contributed by atoms with van der Waals surface area (Å²) < 4.78 is 16.2. The van der Waals surface area contributed by atoms with Gasteiger partial charge in [-0.2, -0.15) is 0 Å². The number of carbonyl (C=O) groups is 2. The van der Waals surface area contributed by atoms with Crippen LogP contribution in [0.4, 0.5) is 5.69 Å². The molecular weight excluding hydrogens is 446 g/mol. The molecule has 33 heavy (non-hydrogen) atoms.